The van der Waals surface area contributed by atoms with Gasteiger partial charge in [0.15, 0.2) is 0 Å². The molecule has 2 aliphatic carbocycles. The predicted molar refractivity (Wildman–Crippen MR) is 365 cm³/mol. The quantitative estimate of drug-likeness (QED) is 0.128. The number of hydrogen-bond acceptors (Lipinski definition) is 0. The Morgan fingerprint density at radius 1 is 0.372 bits per heavy atom. The molecule has 2 aromatic heterocycles. The van der Waals surface area contributed by atoms with Gasteiger partial charge in [-0.1, -0.05) is 213 Å². The number of para-hydroxylation sites is 2. The van der Waals surface area contributed by atoms with Gasteiger partial charge in [0, 0.05) is 32.9 Å². The molecule has 0 amide bonds. The van der Waals surface area contributed by atoms with Gasteiger partial charge in [0.05, 0.1) is 27.5 Å². The van der Waals surface area contributed by atoms with Crippen LogP contribution in [0.4, 0.5) is 0 Å². The monoisotopic (exact) mass is 1090 g/mol. The summed E-state index contributed by atoms with van der Waals surface area (Å²) in [5, 5.41) is 9.89. The number of fused-ring (bicyclic) bond motifs is 18. The Labute approximate surface area is 500 Å². The van der Waals surface area contributed by atoms with Crippen LogP contribution in [0.15, 0.2) is 298 Å². The highest BCUT2D eigenvalue weighted by molar-refractivity contribution is 6.13. The van der Waals surface area contributed by atoms with Crippen molar-refractivity contribution in [3.8, 4) is 72.4 Å². The molecular formula is C84H58N2. The number of nitrogens with zero attached hydrogens (tertiary/aromatic N) is 2. The Kier molecular flexibility index (Phi) is 11.2. The van der Waals surface area contributed by atoms with Gasteiger partial charge in [-0.15, -0.1) is 0 Å². The van der Waals surface area contributed by atoms with Crippen molar-refractivity contribution in [2.75, 3.05) is 0 Å². The molecule has 1 spiro atoms. The highest BCUT2D eigenvalue weighted by atomic mass is 15.0. The van der Waals surface area contributed by atoms with Crippen LogP contribution < -0.4 is 0 Å². The first-order chi connectivity index (χ1) is 42.4. The summed E-state index contributed by atoms with van der Waals surface area (Å²) < 4.78 is 4.76. The third-order valence-corrected chi connectivity index (χ3v) is 18.8. The van der Waals surface area contributed by atoms with Crippen LogP contribution in [0.1, 0.15) is 41.2 Å². The average molecular weight is 1100 g/mol. The van der Waals surface area contributed by atoms with Gasteiger partial charge in [-0.2, -0.15) is 0 Å². The smallest absolute Gasteiger partial charge is 0.0725 e. The van der Waals surface area contributed by atoms with E-state index in [1.54, 1.807) is 0 Å². The van der Waals surface area contributed by atoms with Gasteiger partial charge in [0.2, 0.25) is 0 Å². The molecule has 2 aliphatic rings. The van der Waals surface area contributed by atoms with Crippen molar-refractivity contribution in [1.82, 2.24) is 9.13 Å². The van der Waals surface area contributed by atoms with E-state index in [4.69, 9.17) is 0 Å². The topological polar surface area (TPSA) is 9.86 Å². The van der Waals surface area contributed by atoms with Gasteiger partial charge in [-0.25, -0.2) is 0 Å². The Morgan fingerprint density at radius 2 is 0.767 bits per heavy atom. The van der Waals surface area contributed by atoms with Crippen molar-refractivity contribution < 1.29 is 0 Å². The van der Waals surface area contributed by atoms with Crippen molar-refractivity contribution in [1.29, 1.82) is 0 Å². The van der Waals surface area contributed by atoms with Gasteiger partial charge in [-0.05, 0) is 221 Å². The molecule has 17 rings (SSSR count). The van der Waals surface area contributed by atoms with E-state index >= 15 is 0 Å². The lowest BCUT2D eigenvalue weighted by Crippen LogP contribution is -2.26. The zero-order valence-electron chi connectivity index (χ0n) is 48.0. The van der Waals surface area contributed by atoms with E-state index in [-0.39, 0.29) is 0 Å². The van der Waals surface area contributed by atoms with Gasteiger partial charge < -0.3 is 9.13 Å². The van der Waals surface area contributed by atoms with Crippen molar-refractivity contribution in [2.24, 2.45) is 0 Å². The summed E-state index contributed by atoms with van der Waals surface area (Å²) in [6.07, 6.45) is 9.36. The predicted octanol–water partition coefficient (Wildman–Crippen LogP) is 22.5. The first kappa shape index (κ1) is 49.8. The molecule has 86 heavy (non-hydrogen) atoms. The fourth-order valence-corrected chi connectivity index (χ4v) is 14.8. The Hall–Kier alpha value is -10.8. The maximum absolute atomic E-state index is 4.05. The van der Waals surface area contributed by atoms with E-state index in [0.717, 1.165) is 12.1 Å². The second kappa shape index (κ2) is 19.4. The number of aryl methyl sites for hydroxylation is 1. The summed E-state index contributed by atoms with van der Waals surface area (Å²) in [6.45, 7) is 8.36. The fraction of sp³-hybridized carbons (Fsp3) is 0.0476. The largest absolute Gasteiger partial charge is 0.309 e. The van der Waals surface area contributed by atoms with Gasteiger partial charge in [-0.3, -0.25) is 0 Å². The van der Waals surface area contributed by atoms with Crippen LogP contribution >= 0.6 is 0 Å². The van der Waals surface area contributed by atoms with Crippen LogP contribution in [-0.4, -0.2) is 9.13 Å². The molecule has 13 aromatic carbocycles. The van der Waals surface area contributed by atoms with Gasteiger partial charge in [0.1, 0.15) is 0 Å². The van der Waals surface area contributed by atoms with Crippen LogP contribution in [0.3, 0.4) is 0 Å². The Bertz CT molecular complexity index is 5380. The van der Waals surface area contributed by atoms with Crippen LogP contribution in [0, 0.1) is 6.92 Å². The van der Waals surface area contributed by atoms with Gasteiger partial charge >= 0.3 is 0 Å². The molecule has 2 nitrogen and oxygen atoms in total. The van der Waals surface area contributed by atoms with Crippen molar-refractivity contribution >= 4 is 70.9 Å². The highest BCUT2D eigenvalue weighted by Crippen LogP contribution is 2.63. The van der Waals surface area contributed by atoms with Crippen LogP contribution in [0.5, 0.6) is 0 Å². The summed E-state index contributed by atoms with van der Waals surface area (Å²) in [5.41, 5.74) is 28.1. The third-order valence-electron chi connectivity index (χ3n) is 18.8. The zero-order chi connectivity index (χ0) is 57.2. The van der Waals surface area contributed by atoms with Crippen molar-refractivity contribution in [3.63, 3.8) is 0 Å². The molecule has 0 saturated carbocycles. The van der Waals surface area contributed by atoms with Crippen LogP contribution in [0.2, 0.25) is 0 Å². The minimum absolute atomic E-state index is 0.502. The summed E-state index contributed by atoms with van der Waals surface area (Å²) in [6, 6.07) is 101. The summed E-state index contributed by atoms with van der Waals surface area (Å²) in [7, 11) is 0. The molecule has 2 heterocycles. The van der Waals surface area contributed by atoms with E-state index in [1.165, 1.54) is 165 Å². The maximum Gasteiger partial charge on any atom is 0.0725 e. The van der Waals surface area contributed by atoms with E-state index in [9.17, 15) is 0 Å². The average Bonchev–Trinajstić information content (AvgIpc) is 1.53. The number of allylic oxidation sites excluding steroid dienone is 5. The van der Waals surface area contributed by atoms with E-state index in [1.807, 2.05) is 6.08 Å². The molecule has 0 fully saturated rings. The van der Waals surface area contributed by atoms with Gasteiger partial charge in [0.25, 0.3) is 0 Å². The summed E-state index contributed by atoms with van der Waals surface area (Å²) in [4.78, 5) is 0. The standard InChI is InChI=1S/C84H58N2/c1-4-6-16-66(15-5-2)85-80-23-13-9-19-72(80)74-49-62(37-43-82(74)85)58-31-27-56-47-60(33-29-54(56)45-58)64-35-41-70-71-42-36-65(52-79(71)84(78(70)51-64)76-21-11-7-17-68(76)69-18-8-12-22-77(69)84)61-34-30-55-46-59(32-28-57(55)48-61)63-38-44-83-75(50-63)73-20-10-14-24-81(73)86(83)67-39-25-53(3)26-40-67/h5-52H,2,4H2,1,3H3/b16-6-,66-15+. The third kappa shape index (κ3) is 7.46. The lowest BCUT2D eigenvalue weighted by molar-refractivity contribution is 0.794. The molecule has 2 heteroatoms. The number of aromatic nitrogens is 2. The fourth-order valence-electron chi connectivity index (χ4n) is 14.8. The lowest BCUT2D eigenvalue weighted by atomic mass is 9.70. The van der Waals surface area contributed by atoms with Crippen LogP contribution in [-0.2, 0) is 5.41 Å². The molecule has 0 aliphatic heterocycles. The van der Waals surface area contributed by atoms with Crippen LogP contribution in [0.25, 0.3) is 143 Å². The molecule has 0 atom stereocenters. The molecule has 0 radical (unpaired) electrons. The molecular weight excluding hydrogens is 1040 g/mol. The zero-order valence-corrected chi connectivity index (χ0v) is 48.0. The van der Waals surface area contributed by atoms with Crippen molar-refractivity contribution in [2.45, 2.75) is 25.7 Å². The first-order valence-corrected chi connectivity index (χ1v) is 30.1. The maximum atomic E-state index is 4.05. The normalized spacial score (nSPS) is 13.2. The molecule has 0 saturated heterocycles. The number of hydrogen-bond donors (Lipinski definition) is 0. The molecule has 15 aromatic rings. The van der Waals surface area contributed by atoms with Crippen molar-refractivity contribution in [3.05, 3.63) is 326 Å². The molecule has 0 bridgehead atoms. The first-order valence-electron chi connectivity index (χ1n) is 30.1. The second-order valence-electron chi connectivity index (χ2n) is 23.6. The minimum atomic E-state index is -0.502. The number of rotatable bonds is 9. The SMILES string of the molecule is C=C/C=C(\C=C/CC)n1c2ccccc2c2cc(-c3ccc4cc(-c5ccc6c(c5)C5(c7ccccc7-c7ccccc75)c5cc(-c7ccc8cc(-c9ccc%10c(c9)c9ccccc9n%10-c9ccc(C)cc9)ccc8c7)ccc5-6)ccc4c3)ccc21. The Morgan fingerprint density at radius 3 is 1.30 bits per heavy atom. The minimum Gasteiger partial charge on any atom is -0.309 e. The lowest BCUT2D eigenvalue weighted by Gasteiger charge is -2.31. The molecule has 0 N–H and O–H groups in total. The van der Waals surface area contributed by atoms with E-state index in [2.05, 4.69) is 315 Å². The number of benzene rings is 13. The highest BCUT2D eigenvalue weighted by Gasteiger charge is 2.51. The summed E-state index contributed by atoms with van der Waals surface area (Å²) >= 11 is 0. The summed E-state index contributed by atoms with van der Waals surface area (Å²) in [5.74, 6) is 0. The molecule has 404 valence electrons. The Balaban J connectivity index is 0.729. The van der Waals surface area contributed by atoms with E-state index < -0.39 is 5.41 Å². The van der Waals surface area contributed by atoms with E-state index in [0.29, 0.717) is 0 Å². The second-order valence-corrected chi connectivity index (χ2v) is 23.6. The molecule has 0 unspecified atom stereocenters.